The van der Waals surface area contributed by atoms with Crippen molar-refractivity contribution in [3.05, 3.63) is 52.9 Å². The molecule has 1 aliphatic rings. The Morgan fingerprint density at radius 2 is 1.88 bits per heavy atom. The third-order valence-electron chi connectivity index (χ3n) is 4.70. The van der Waals surface area contributed by atoms with Crippen molar-refractivity contribution >= 4 is 11.7 Å². The van der Waals surface area contributed by atoms with Crippen LogP contribution in [-0.2, 0) is 16.1 Å². The first-order valence-electron chi connectivity index (χ1n) is 8.91. The summed E-state index contributed by atoms with van der Waals surface area (Å²) in [5.41, 5.74) is 2.68. The second kappa shape index (κ2) is 8.27. The van der Waals surface area contributed by atoms with E-state index >= 15 is 0 Å². The molecule has 0 N–H and O–H groups in total. The summed E-state index contributed by atoms with van der Waals surface area (Å²) in [6.45, 7) is 5.26. The van der Waals surface area contributed by atoms with Crippen LogP contribution in [0.3, 0.4) is 0 Å². The van der Waals surface area contributed by atoms with Crippen LogP contribution in [0.1, 0.15) is 40.2 Å². The average molecular weight is 356 g/mol. The number of hydrogen-bond donors (Lipinski definition) is 0. The van der Waals surface area contributed by atoms with E-state index in [2.05, 4.69) is 5.16 Å². The molecule has 1 amide bonds. The lowest BCUT2D eigenvalue weighted by molar-refractivity contribution is -0.138. The van der Waals surface area contributed by atoms with E-state index in [-0.39, 0.29) is 30.8 Å². The van der Waals surface area contributed by atoms with Gasteiger partial charge in [-0.1, -0.05) is 35.0 Å². The lowest BCUT2D eigenvalue weighted by Crippen LogP contribution is -2.41. The maximum atomic E-state index is 12.6. The summed E-state index contributed by atoms with van der Waals surface area (Å²) in [4.78, 5) is 26.6. The predicted molar refractivity (Wildman–Crippen MR) is 95.7 cm³/mol. The molecule has 0 atom stereocenters. The standard InChI is InChI=1S/C20H24N2O4/c1-14-3-5-16(6-4-14)20(24)17-7-9-22(10-8-17)19(23)13-25-12-18-11-15(2)21-26-18/h3-6,11,17H,7-10,12-13H2,1-2H3. The Labute approximate surface area is 153 Å². The molecule has 1 aromatic carbocycles. The molecule has 1 fully saturated rings. The van der Waals surface area contributed by atoms with Gasteiger partial charge < -0.3 is 14.2 Å². The molecule has 2 aromatic rings. The second-order valence-corrected chi connectivity index (χ2v) is 6.81. The number of benzene rings is 1. The molecule has 0 aliphatic carbocycles. The van der Waals surface area contributed by atoms with Gasteiger partial charge >= 0.3 is 0 Å². The Morgan fingerprint density at radius 1 is 1.19 bits per heavy atom. The van der Waals surface area contributed by atoms with Crippen molar-refractivity contribution in [3.63, 3.8) is 0 Å². The van der Waals surface area contributed by atoms with Crippen molar-refractivity contribution in [2.75, 3.05) is 19.7 Å². The normalized spacial score (nSPS) is 15.2. The summed E-state index contributed by atoms with van der Waals surface area (Å²) in [7, 11) is 0. The van der Waals surface area contributed by atoms with Gasteiger partial charge in [0.05, 0.1) is 5.69 Å². The molecule has 6 nitrogen and oxygen atoms in total. The number of carbonyl (C=O) groups excluding carboxylic acids is 2. The summed E-state index contributed by atoms with van der Waals surface area (Å²) in [5.74, 6) is 0.717. The minimum absolute atomic E-state index is 0.0102. The maximum Gasteiger partial charge on any atom is 0.248 e. The van der Waals surface area contributed by atoms with Crippen LogP contribution in [0, 0.1) is 19.8 Å². The van der Waals surface area contributed by atoms with E-state index in [4.69, 9.17) is 9.26 Å². The number of amides is 1. The number of Topliss-reactive ketones (excluding diaryl/α,β-unsaturated/α-hetero) is 1. The van der Waals surface area contributed by atoms with Gasteiger partial charge in [0, 0.05) is 30.6 Å². The molecule has 6 heteroatoms. The smallest absolute Gasteiger partial charge is 0.248 e. The van der Waals surface area contributed by atoms with Crippen LogP contribution < -0.4 is 0 Å². The largest absolute Gasteiger partial charge is 0.364 e. The molecule has 0 radical (unpaired) electrons. The Balaban J connectivity index is 1.43. The molecule has 0 saturated carbocycles. The number of rotatable bonds is 6. The quantitative estimate of drug-likeness (QED) is 0.744. The van der Waals surface area contributed by atoms with E-state index in [0.29, 0.717) is 31.7 Å². The van der Waals surface area contributed by atoms with Gasteiger partial charge in [0.25, 0.3) is 0 Å². The number of ketones is 1. The Bertz CT molecular complexity index is 758. The van der Waals surface area contributed by atoms with Crippen molar-refractivity contribution < 1.29 is 18.8 Å². The highest BCUT2D eigenvalue weighted by atomic mass is 16.5. The van der Waals surface area contributed by atoms with Crippen LogP contribution in [0.4, 0.5) is 0 Å². The van der Waals surface area contributed by atoms with E-state index in [9.17, 15) is 9.59 Å². The summed E-state index contributed by atoms with van der Waals surface area (Å²) >= 11 is 0. The Morgan fingerprint density at radius 3 is 2.50 bits per heavy atom. The van der Waals surface area contributed by atoms with Gasteiger partial charge in [0.2, 0.25) is 5.91 Å². The predicted octanol–water partition coefficient (Wildman–Crippen LogP) is 2.93. The van der Waals surface area contributed by atoms with Crippen LogP contribution >= 0.6 is 0 Å². The molecule has 0 spiro atoms. The number of aromatic nitrogens is 1. The number of nitrogens with zero attached hydrogens (tertiary/aromatic N) is 2. The zero-order chi connectivity index (χ0) is 18.5. The van der Waals surface area contributed by atoms with Gasteiger partial charge in [0.1, 0.15) is 13.2 Å². The van der Waals surface area contributed by atoms with Gasteiger partial charge in [-0.2, -0.15) is 0 Å². The number of ether oxygens (including phenoxy) is 1. The first-order chi connectivity index (χ1) is 12.5. The highest BCUT2D eigenvalue weighted by Crippen LogP contribution is 2.22. The number of aryl methyl sites for hydroxylation is 2. The molecule has 1 aromatic heterocycles. The van der Waals surface area contributed by atoms with Crippen LogP contribution in [0.2, 0.25) is 0 Å². The van der Waals surface area contributed by atoms with Gasteiger partial charge in [-0.25, -0.2) is 0 Å². The fourth-order valence-corrected chi connectivity index (χ4v) is 3.16. The van der Waals surface area contributed by atoms with E-state index in [1.165, 1.54) is 0 Å². The van der Waals surface area contributed by atoms with Crippen molar-refractivity contribution in [1.82, 2.24) is 10.1 Å². The van der Waals surface area contributed by atoms with Gasteiger partial charge in [-0.3, -0.25) is 9.59 Å². The average Bonchev–Trinajstić information content (AvgIpc) is 3.07. The molecule has 2 heterocycles. The number of likely N-dealkylation sites (tertiary alicyclic amines) is 1. The van der Waals surface area contributed by atoms with E-state index in [1.54, 1.807) is 11.0 Å². The maximum absolute atomic E-state index is 12.6. The highest BCUT2D eigenvalue weighted by molar-refractivity contribution is 5.98. The third-order valence-corrected chi connectivity index (χ3v) is 4.70. The summed E-state index contributed by atoms with van der Waals surface area (Å²) in [6, 6.07) is 9.47. The Hall–Kier alpha value is -2.47. The molecule has 138 valence electrons. The van der Waals surface area contributed by atoms with E-state index in [1.807, 2.05) is 38.1 Å². The summed E-state index contributed by atoms with van der Waals surface area (Å²) < 4.78 is 10.5. The van der Waals surface area contributed by atoms with Crippen LogP contribution in [-0.4, -0.2) is 41.4 Å². The molecular formula is C20H24N2O4. The number of piperidine rings is 1. The van der Waals surface area contributed by atoms with Crippen LogP contribution in [0.5, 0.6) is 0 Å². The minimum atomic E-state index is -0.0533. The zero-order valence-electron chi connectivity index (χ0n) is 15.2. The van der Waals surface area contributed by atoms with Crippen LogP contribution in [0.15, 0.2) is 34.9 Å². The second-order valence-electron chi connectivity index (χ2n) is 6.81. The monoisotopic (exact) mass is 356 g/mol. The molecule has 1 aliphatic heterocycles. The molecular weight excluding hydrogens is 332 g/mol. The van der Waals surface area contributed by atoms with Gasteiger partial charge in [0.15, 0.2) is 11.5 Å². The number of carbonyl (C=O) groups is 2. The first-order valence-corrected chi connectivity index (χ1v) is 8.91. The molecule has 26 heavy (non-hydrogen) atoms. The van der Waals surface area contributed by atoms with E-state index in [0.717, 1.165) is 16.8 Å². The fourth-order valence-electron chi connectivity index (χ4n) is 3.16. The molecule has 1 saturated heterocycles. The third kappa shape index (κ3) is 4.58. The van der Waals surface area contributed by atoms with Crippen molar-refractivity contribution in [3.8, 4) is 0 Å². The molecule has 0 bridgehead atoms. The highest BCUT2D eigenvalue weighted by Gasteiger charge is 2.27. The molecule has 0 unspecified atom stereocenters. The summed E-state index contributed by atoms with van der Waals surface area (Å²) in [6.07, 6.45) is 1.39. The van der Waals surface area contributed by atoms with E-state index < -0.39 is 0 Å². The lowest BCUT2D eigenvalue weighted by atomic mass is 9.88. The topological polar surface area (TPSA) is 72.6 Å². The van der Waals surface area contributed by atoms with Gasteiger partial charge in [-0.15, -0.1) is 0 Å². The van der Waals surface area contributed by atoms with Crippen LogP contribution in [0.25, 0.3) is 0 Å². The summed E-state index contributed by atoms with van der Waals surface area (Å²) in [5, 5.41) is 3.78. The number of hydrogen-bond acceptors (Lipinski definition) is 5. The van der Waals surface area contributed by atoms with Gasteiger partial charge in [-0.05, 0) is 26.7 Å². The van der Waals surface area contributed by atoms with Crippen molar-refractivity contribution in [2.45, 2.75) is 33.3 Å². The zero-order valence-corrected chi connectivity index (χ0v) is 15.2. The van der Waals surface area contributed by atoms with Crippen molar-refractivity contribution in [2.24, 2.45) is 5.92 Å². The first kappa shape index (κ1) is 18.3. The molecule has 3 rings (SSSR count). The lowest BCUT2D eigenvalue weighted by Gasteiger charge is -2.31. The SMILES string of the molecule is Cc1ccc(C(=O)C2CCN(C(=O)COCc3cc(C)no3)CC2)cc1. The Kier molecular flexibility index (Phi) is 5.83. The minimum Gasteiger partial charge on any atom is -0.364 e. The fraction of sp³-hybridized carbons (Fsp3) is 0.450. The van der Waals surface area contributed by atoms with Crippen molar-refractivity contribution in [1.29, 1.82) is 0 Å².